The molecule has 1 fully saturated rings. The van der Waals surface area contributed by atoms with Gasteiger partial charge in [0.25, 0.3) is 0 Å². The monoisotopic (exact) mass is 278 g/mol. The molecule has 0 saturated heterocycles. The third-order valence-electron chi connectivity index (χ3n) is 3.65. The quantitative estimate of drug-likeness (QED) is 0.671. The van der Waals surface area contributed by atoms with Crippen LogP contribution in [0.5, 0.6) is 5.75 Å². The zero-order valence-electron chi connectivity index (χ0n) is 11.4. The first-order valence-electron chi connectivity index (χ1n) is 7.09. The van der Waals surface area contributed by atoms with E-state index in [-0.39, 0.29) is 5.78 Å². The lowest BCUT2D eigenvalue weighted by atomic mass is 10.0. The molecule has 0 amide bonds. The Morgan fingerprint density at radius 3 is 2.81 bits per heavy atom. The number of hydrogen-bond donors (Lipinski definition) is 0. The molecule has 1 aliphatic carbocycles. The first-order valence-corrected chi connectivity index (χ1v) is 7.09. The lowest BCUT2D eigenvalue weighted by Gasteiger charge is -2.06. The van der Waals surface area contributed by atoms with Gasteiger partial charge in [-0.15, -0.1) is 0 Å². The second-order valence-corrected chi connectivity index (χ2v) is 5.32. The Balaban J connectivity index is 1.70. The Morgan fingerprint density at radius 1 is 1.10 bits per heavy atom. The van der Waals surface area contributed by atoms with Crippen LogP contribution in [0, 0.1) is 0 Å². The van der Waals surface area contributed by atoms with Crippen LogP contribution < -0.4 is 4.74 Å². The van der Waals surface area contributed by atoms with Crippen molar-refractivity contribution in [1.29, 1.82) is 0 Å². The molecule has 3 aromatic rings. The maximum Gasteiger partial charge on any atom is 0.197 e. The molecule has 1 aliphatic rings. The van der Waals surface area contributed by atoms with Gasteiger partial charge < -0.3 is 9.15 Å². The highest BCUT2D eigenvalue weighted by molar-refractivity contribution is 6.15. The number of fused-ring (bicyclic) bond motifs is 1. The first-order chi connectivity index (χ1) is 10.3. The third kappa shape index (κ3) is 2.31. The highest BCUT2D eigenvalue weighted by atomic mass is 16.5. The molecule has 2 aromatic carbocycles. The van der Waals surface area contributed by atoms with Crippen molar-refractivity contribution in [3.63, 3.8) is 0 Å². The number of rotatable bonds is 4. The predicted octanol–water partition coefficient (Wildman–Crippen LogP) is 4.21. The second kappa shape index (κ2) is 4.77. The number of carbonyl (C=O) groups excluding carboxylic acids is 1. The minimum atomic E-state index is -0.0406. The van der Waals surface area contributed by atoms with Gasteiger partial charge in [-0.25, -0.2) is 0 Å². The number of benzene rings is 2. The predicted molar refractivity (Wildman–Crippen MR) is 79.7 cm³/mol. The molecule has 1 saturated carbocycles. The van der Waals surface area contributed by atoms with E-state index >= 15 is 0 Å². The summed E-state index contributed by atoms with van der Waals surface area (Å²) in [6, 6.07) is 14.9. The van der Waals surface area contributed by atoms with E-state index in [0.717, 1.165) is 29.6 Å². The van der Waals surface area contributed by atoms with E-state index in [1.807, 2.05) is 48.5 Å². The maximum absolute atomic E-state index is 12.7. The molecule has 104 valence electrons. The third-order valence-corrected chi connectivity index (χ3v) is 3.65. The van der Waals surface area contributed by atoms with Crippen molar-refractivity contribution < 1.29 is 13.9 Å². The standard InChI is InChI=1S/C18H14O3/c19-18(16-11-20-17-7-2-1-6-15(16)17)12-4-3-5-14(10-12)21-13-8-9-13/h1-7,10-11,13H,8-9H2. The van der Waals surface area contributed by atoms with E-state index in [1.165, 1.54) is 6.26 Å². The van der Waals surface area contributed by atoms with Crippen LogP contribution in [0.25, 0.3) is 11.0 Å². The average molecular weight is 278 g/mol. The molecular formula is C18H14O3. The zero-order valence-corrected chi connectivity index (χ0v) is 11.4. The summed E-state index contributed by atoms with van der Waals surface area (Å²) in [5.41, 5.74) is 1.94. The van der Waals surface area contributed by atoms with E-state index in [4.69, 9.17) is 9.15 Å². The van der Waals surface area contributed by atoms with Gasteiger partial charge in [-0.3, -0.25) is 4.79 Å². The number of carbonyl (C=O) groups is 1. The van der Waals surface area contributed by atoms with Crippen molar-refractivity contribution in [3.05, 3.63) is 65.9 Å². The molecule has 4 rings (SSSR count). The Morgan fingerprint density at radius 2 is 1.95 bits per heavy atom. The average Bonchev–Trinajstić information content (AvgIpc) is 3.23. The highest BCUT2D eigenvalue weighted by Crippen LogP contribution is 2.28. The molecule has 3 heteroatoms. The molecule has 21 heavy (non-hydrogen) atoms. The topological polar surface area (TPSA) is 39.4 Å². The fourth-order valence-corrected chi connectivity index (χ4v) is 2.40. The summed E-state index contributed by atoms with van der Waals surface area (Å²) in [6.07, 6.45) is 4.06. The van der Waals surface area contributed by atoms with Gasteiger partial charge >= 0.3 is 0 Å². The molecule has 3 nitrogen and oxygen atoms in total. The van der Waals surface area contributed by atoms with Gasteiger partial charge in [-0.2, -0.15) is 0 Å². The Hall–Kier alpha value is -2.55. The Labute approximate surface area is 122 Å². The summed E-state index contributed by atoms with van der Waals surface area (Å²) in [5.74, 6) is 0.720. The van der Waals surface area contributed by atoms with Crippen molar-refractivity contribution in [2.75, 3.05) is 0 Å². The number of ketones is 1. The van der Waals surface area contributed by atoms with Gasteiger partial charge in [0.05, 0.1) is 11.7 Å². The van der Waals surface area contributed by atoms with Crippen molar-refractivity contribution in [2.24, 2.45) is 0 Å². The van der Waals surface area contributed by atoms with Crippen LogP contribution in [-0.2, 0) is 0 Å². The van der Waals surface area contributed by atoms with Crippen LogP contribution in [0.3, 0.4) is 0 Å². The molecular weight excluding hydrogens is 264 g/mol. The summed E-state index contributed by atoms with van der Waals surface area (Å²) < 4.78 is 11.2. The lowest BCUT2D eigenvalue weighted by Crippen LogP contribution is -2.02. The van der Waals surface area contributed by atoms with Crippen LogP contribution in [0.4, 0.5) is 0 Å². The fourth-order valence-electron chi connectivity index (χ4n) is 2.40. The minimum absolute atomic E-state index is 0.0406. The number of furan rings is 1. The molecule has 0 N–H and O–H groups in total. The summed E-state index contributed by atoms with van der Waals surface area (Å²) in [5, 5.41) is 0.844. The molecule has 0 radical (unpaired) electrons. The normalized spacial score (nSPS) is 14.3. The van der Waals surface area contributed by atoms with Gasteiger partial charge in [0.1, 0.15) is 17.6 Å². The van der Waals surface area contributed by atoms with Crippen LogP contribution in [0.2, 0.25) is 0 Å². The van der Waals surface area contributed by atoms with Gasteiger partial charge in [-0.05, 0) is 31.0 Å². The smallest absolute Gasteiger partial charge is 0.197 e. The highest BCUT2D eigenvalue weighted by Gasteiger charge is 2.24. The first kappa shape index (κ1) is 12.2. The molecule has 0 atom stereocenters. The van der Waals surface area contributed by atoms with Crippen molar-refractivity contribution in [3.8, 4) is 5.75 Å². The molecule has 0 spiro atoms. The van der Waals surface area contributed by atoms with Gasteiger partial charge in [0, 0.05) is 10.9 Å². The van der Waals surface area contributed by atoms with Crippen LogP contribution >= 0.6 is 0 Å². The number of hydrogen-bond acceptors (Lipinski definition) is 3. The van der Waals surface area contributed by atoms with Gasteiger partial charge in [0.15, 0.2) is 5.78 Å². The Kier molecular flexibility index (Phi) is 2.78. The van der Waals surface area contributed by atoms with E-state index in [0.29, 0.717) is 17.2 Å². The van der Waals surface area contributed by atoms with Crippen LogP contribution in [0.15, 0.2) is 59.2 Å². The largest absolute Gasteiger partial charge is 0.490 e. The van der Waals surface area contributed by atoms with Crippen molar-refractivity contribution in [1.82, 2.24) is 0 Å². The molecule has 0 unspecified atom stereocenters. The summed E-state index contributed by atoms with van der Waals surface area (Å²) in [4.78, 5) is 12.7. The van der Waals surface area contributed by atoms with Gasteiger partial charge in [-0.1, -0.05) is 30.3 Å². The van der Waals surface area contributed by atoms with E-state index in [1.54, 1.807) is 0 Å². The summed E-state index contributed by atoms with van der Waals surface area (Å²) in [7, 11) is 0. The van der Waals surface area contributed by atoms with Crippen molar-refractivity contribution >= 4 is 16.8 Å². The van der Waals surface area contributed by atoms with E-state index in [2.05, 4.69) is 0 Å². The molecule has 0 aliphatic heterocycles. The summed E-state index contributed by atoms with van der Waals surface area (Å²) in [6.45, 7) is 0. The van der Waals surface area contributed by atoms with Crippen LogP contribution in [-0.4, -0.2) is 11.9 Å². The maximum atomic E-state index is 12.7. The minimum Gasteiger partial charge on any atom is -0.490 e. The SMILES string of the molecule is O=C(c1cccc(OC2CC2)c1)c1coc2ccccc12. The molecule has 1 aromatic heterocycles. The van der Waals surface area contributed by atoms with Gasteiger partial charge in [0.2, 0.25) is 0 Å². The summed E-state index contributed by atoms with van der Waals surface area (Å²) >= 11 is 0. The zero-order chi connectivity index (χ0) is 14.2. The van der Waals surface area contributed by atoms with Crippen LogP contribution in [0.1, 0.15) is 28.8 Å². The molecule has 0 bridgehead atoms. The number of para-hydroxylation sites is 1. The number of ether oxygens (including phenoxy) is 1. The lowest BCUT2D eigenvalue weighted by molar-refractivity contribution is 0.103. The fraction of sp³-hybridized carbons (Fsp3) is 0.167. The second-order valence-electron chi connectivity index (χ2n) is 5.32. The van der Waals surface area contributed by atoms with E-state index < -0.39 is 0 Å². The van der Waals surface area contributed by atoms with Crippen molar-refractivity contribution in [2.45, 2.75) is 18.9 Å². The Bertz CT molecular complexity index is 812. The molecule has 1 heterocycles. The van der Waals surface area contributed by atoms with E-state index in [9.17, 15) is 4.79 Å².